The lowest BCUT2D eigenvalue weighted by molar-refractivity contribution is 0.605. The molecule has 0 aromatic rings. The molecule has 0 atom stereocenters. The van der Waals surface area contributed by atoms with Crippen molar-refractivity contribution in [2.24, 2.45) is 0 Å². The normalized spacial score (nSPS) is 25.2. The van der Waals surface area contributed by atoms with E-state index >= 15 is 0 Å². The van der Waals surface area contributed by atoms with Crippen LogP contribution in [0.25, 0.3) is 0 Å². The van der Waals surface area contributed by atoms with E-state index in [4.69, 9.17) is 0 Å². The van der Waals surface area contributed by atoms with Gasteiger partial charge in [-0.3, -0.25) is 0 Å². The predicted molar refractivity (Wildman–Crippen MR) is 40.0 cm³/mol. The van der Waals surface area contributed by atoms with Crippen LogP contribution >= 0.6 is 11.8 Å². The Morgan fingerprint density at radius 1 is 1.67 bits per heavy atom. The summed E-state index contributed by atoms with van der Waals surface area (Å²) in [7, 11) is -2.81. The maximum absolute atomic E-state index is 10.8. The third-order valence-corrected chi connectivity index (χ3v) is 3.92. The summed E-state index contributed by atoms with van der Waals surface area (Å²) in [6.07, 6.45) is 0. The minimum absolute atomic E-state index is 0.301. The summed E-state index contributed by atoms with van der Waals surface area (Å²) >= 11 is 1.60. The molecule has 0 N–H and O–H groups in total. The second kappa shape index (κ2) is 2.34. The fourth-order valence-electron chi connectivity index (χ4n) is 0.665. The summed E-state index contributed by atoms with van der Waals surface area (Å²) in [6.45, 7) is 1.82. The fourth-order valence-corrected chi connectivity index (χ4v) is 3.58. The molecule has 1 heterocycles. The summed E-state index contributed by atoms with van der Waals surface area (Å²) in [6, 6.07) is 0. The third-order valence-electron chi connectivity index (χ3n) is 1.04. The Kier molecular flexibility index (Phi) is 1.86. The highest BCUT2D eigenvalue weighted by molar-refractivity contribution is 8.06. The lowest BCUT2D eigenvalue weighted by Gasteiger charge is -2.06. The Morgan fingerprint density at radius 2 is 2.33 bits per heavy atom. The maximum Gasteiger partial charge on any atom is 0.173 e. The Morgan fingerprint density at radius 3 is 2.67 bits per heavy atom. The molecule has 0 saturated carbocycles. The van der Waals surface area contributed by atoms with Crippen LogP contribution in [0.1, 0.15) is 6.92 Å². The van der Waals surface area contributed by atoms with E-state index in [9.17, 15) is 8.42 Å². The predicted octanol–water partition coefficient (Wildman–Crippen LogP) is 1.01. The maximum atomic E-state index is 10.8. The first-order valence-electron chi connectivity index (χ1n) is 2.64. The van der Waals surface area contributed by atoms with E-state index in [1.165, 1.54) is 5.41 Å². The van der Waals surface area contributed by atoms with Crippen molar-refractivity contribution in [3.63, 3.8) is 0 Å². The average Bonchev–Trinajstić information content (AvgIpc) is 1.60. The van der Waals surface area contributed by atoms with Gasteiger partial charge in [0, 0.05) is 11.2 Å². The molecular formula is C5H8O2S2. The van der Waals surface area contributed by atoms with Crippen LogP contribution in [0.3, 0.4) is 0 Å². The molecule has 2 nitrogen and oxygen atoms in total. The van der Waals surface area contributed by atoms with E-state index in [1.54, 1.807) is 11.8 Å². The standard InChI is InChI=1S/C5H8O2S2/c1-5-4-9(6,7)3-2-8-5/h4H,2-3H2,1H3. The minimum Gasteiger partial charge on any atom is -0.224 e. The van der Waals surface area contributed by atoms with Crippen molar-refractivity contribution in [1.82, 2.24) is 0 Å². The van der Waals surface area contributed by atoms with E-state index in [2.05, 4.69) is 0 Å². The highest BCUT2D eigenvalue weighted by atomic mass is 32.2. The van der Waals surface area contributed by atoms with Crippen molar-refractivity contribution >= 4 is 21.6 Å². The Balaban J connectivity index is 2.95. The smallest absolute Gasteiger partial charge is 0.173 e. The molecule has 0 bridgehead atoms. The zero-order valence-electron chi connectivity index (χ0n) is 5.12. The zero-order chi connectivity index (χ0) is 6.91. The monoisotopic (exact) mass is 164 g/mol. The van der Waals surface area contributed by atoms with Gasteiger partial charge < -0.3 is 0 Å². The summed E-state index contributed by atoms with van der Waals surface area (Å²) in [4.78, 5) is 0.904. The zero-order valence-corrected chi connectivity index (χ0v) is 6.76. The Bertz CT molecular complexity index is 225. The number of sulfone groups is 1. The molecule has 1 rings (SSSR count). The molecule has 0 spiro atoms. The molecule has 1 aliphatic rings. The van der Waals surface area contributed by atoms with E-state index in [1.807, 2.05) is 6.92 Å². The van der Waals surface area contributed by atoms with Crippen LogP contribution in [-0.2, 0) is 9.84 Å². The van der Waals surface area contributed by atoms with Gasteiger partial charge in [0.25, 0.3) is 0 Å². The number of thioether (sulfide) groups is 1. The summed E-state index contributed by atoms with van der Waals surface area (Å²) in [5.41, 5.74) is 0. The van der Waals surface area contributed by atoms with Crippen molar-refractivity contribution in [3.05, 3.63) is 10.3 Å². The van der Waals surface area contributed by atoms with Crippen LogP contribution in [-0.4, -0.2) is 19.9 Å². The number of hydrogen-bond acceptors (Lipinski definition) is 3. The van der Waals surface area contributed by atoms with E-state index in [0.29, 0.717) is 11.5 Å². The number of allylic oxidation sites excluding steroid dienone is 1. The van der Waals surface area contributed by atoms with Gasteiger partial charge in [0.15, 0.2) is 9.84 Å². The first kappa shape index (κ1) is 7.15. The van der Waals surface area contributed by atoms with Crippen LogP contribution in [0, 0.1) is 0 Å². The van der Waals surface area contributed by atoms with Crippen LogP contribution in [0.2, 0.25) is 0 Å². The molecule has 0 aromatic heterocycles. The lowest BCUT2D eigenvalue weighted by Crippen LogP contribution is -2.08. The summed E-state index contributed by atoms with van der Waals surface area (Å²) in [5.74, 6) is 1.01. The molecule has 9 heavy (non-hydrogen) atoms. The number of hydrogen-bond donors (Lipinski definition) is 0. The molecule has 0 radical (unpaired) electrons. The Hall–Kier alpha value is 0.0400. The van der Waals surface area contributed by atoms with Crippen LogP contribution in [0.15, 0.2) is 10.3 Å². The number of rotatable bonds is 0. The van der Waals surface area contributed by atoms with Crippen molar-refractivity contribution in [2.45, 2.75) is 6.92 Å². The lowest BCUT2D eigenvalue weighted by atomic mass is 10.7. The van der Waals surface area contributed by atoms with Gasteiger partial charge in [-0.15, -0.1) is 11.8 Å². The quantitative estimate of drug-likeness (QED) is 0.536. The van der Waals surface area contributed by atoms with Crippen LogP contribution in [0.5, 0.6) is 0 Å². The van der Waals surface area contributed by atoms with Crippen LogP contribution < -0.4 is 0 Å². The van der Waals surface area contributed by atoms with Gasteiger partial charge in [-0.2, -0.15) is 0 Å². The van der Waals surface area contributed by atoms with Gasteiger partial charge in [-0.1, -0.05) is 0 Å². The molecule has 4 heteroatoms. The van der Waals surface area contributed by atoms with Gasteiger partial charge >= 0.3 is 0 Å². The van der Waals surface area contributed by atoms with Crippen molar-refractivity contribution in [3.8, 4) is 0 Å². The average molecular weight is 164 g/mol. The molecule has 0 fully saturated rings. The van der Waals surface area contributed by atoms with Gasteiger partial charge in [0.05, 0.1) is 5.75 Å². The second-order valence-electron chi connectivity index (χ2n) is 1.94. The van der Waals surface area contributed by atoms with E-state index in [-0.39, 0.29) is 0 Å². The van der Waals surface area contributed by atoms with Crippen molar-refractivity contribution < 1.29 is 8.42 Å². The van der Waals surface area contributed by atoms with Crippen molar-refractivity contribution in [2.75, 3.05) is 11.5 Å². The molecule has 0 aliphatic carbocycles. The SMILES string of the molecule is CC1=CS(=O)(=O)CCS1. The van der Waals surface area contributed by atoms with E-state index < -0.39 is 9.84 Å². The fraction of sp³-hybridized carbons (Fsp3) is 0.600. The highest BCUT2D eigenvalue weighted by Crippen LogP contribution is 2.21. The first-order chi connectivity index (χ1) is 4.10. The largest absolute Gasteiger partial charge is 0.224 e. The minimum atomic E-state index is -2.81. The molecule has 0 saturated heterocycles. The molecule has 0 unspecified atom stereocenters. The second-order valence-corrected chi connectivity index (χ2v) is 5.25. The molecule has 0 aromatic carbocycles. The third kappa shape index (κ3) is 2.02. The van der Waals surface area contributed by atoms with Gasteiger partial charge in [-0.05, 0) is 11.8 Å². The van der Waals surface area contributed by atoms with Gasteiger partial charge in [0.1, 0.15) is 0 Å². The summed E-state index contributed by atoms with van der Waals surface area (Å²) < 4.78 is 21.5. The van der Waals surface area contributed by atoms with Crippen LogP contribution in [0.4, 0.5) is 0 Å². The van der Waals surface area contributed by atoms with E-state index in [0.717, 1.165) is 4.91 Å². The topological polar surface area (TPSA) is 34.1 Å². The molecule has 52 valence electrons. The Labute approximate surface area is 59.3 Å². The van der Waals surface area contributed by atoms with Crippen molar-refractivity contribution in [1.29, 1.82) is 0 Å². The molecular weight excluding hydrogens is 156 g/mol. The highest BCUT2D eigenvalue weighted by Gasteiger charge is 2.12. The summed E-state index contributed by atoms with van der Waals surface area (Å²) in [5, 5.41) is 1.35. The first-order valence-corrected chi connectivity index (χ1v) is 5.34. The van der Waals surface area contributed by atoms with Gasteiger partial charge in [-0.25, -0.2) is 8.42 Å². The molecule has 1 aliphatic heterocycles. The molecule has 0 amide bonds. The van der Waals surface area contributed by atoms with Gasteiger partial charge in [0.2, 0.25) is 0 Å².